The number of carbonyl (C=O) groups is 1. The van der Waals surface area contributed by atoms with Crippen molar-refractivity contribution in [1.82, 2.24) is 4.90 Å². The maximum atomic E-state index is 12.8. The summed E-state index contributed by atoms with van der Waals surface area (Å²) in [6.07, 6.45) is 9.49. The van der Waals surface area contributed by atoms with Crippen molar-refractivity contribution in [1.29, 1.82) is 0 Å². The largest absolute Gasteiger partial charge is 0.338 e. The van der Waals surface area contributed by atoms with Crippen LogP contribution in [0.3, 0.4) is 0 Å². The van der Waals surface area contributed by atoms with E-state index in [0.29, 0.717) is 11.9 Å². The lowest BCUT2D eigenvalue weighted by Crippen LogP contribution is -2.51. The minimum atomic E-state index is -0.00222. The predicted molar refractivity (Wildman–Crippen MR) is 74.3 cm³/mol. The number of rotatable bonds is 5. The summed E-state index contributed by atoms with van der Waals surface area (Å²) in [6.45, 7) is 3.08. The minimum Gasteiger partial charge on any atom is -0.338 e. The van der Waals surface area contributed by atoms with Crippen molar-refractivity contribution in [2.75, 3.05) is 11.9 Å². The quantitative estimate of drug-likeness (QED) is 0.709. The van der Waals surface area contributed by atoms with Gasteiger partial charge in [0.2, 0.25) is 5.91 Å². The number of amides is 1. The highest BCUT2D eigenvalue weighted by atomic mass is 79.9. The molecule has 0 N–H and O–H groups in total. The second kappa shape index (κ2) is 5.73. The molecule has 2 saturated carbocycles. The van der Waals surface area contributed by atoms with Gasteiger partial charge in [0, 0.05) is 23.3 Å². The fourth-order valence-corrected chi connectivity index (χ4v) is 3.70. The van der Waals surface area contributed by atoms with Crippen LogP contribution in [0.25, 0.3) is 0 Å². The molecule has 0 spiro atoms. The first-order chi connectivity index (χ1) is 8.23. The standard InChI is InChI=1S/C14H24BrNO/c1-2-14(8-3-4-9-14)13(17)16(11-10-15)12-6-5-7-12/h12H,2-11H2,1H3. The molecule has 2 fully saturated rings. The summed E-state index contributed by atoms with van der Waals surface area (Å²) in [5.41, 5.74) is -0.00222. The van der Waals surface area contributed by atoms with Crippen molar-refractivity contribution in [3.05, 3.63) is 0 Å². The molecule has 1 amide bonds. The molecule has 0 atom stereocenters. The van der Waals surface area contributed by atoms with Crippen LogP contribution in [-0.2, 0) is 4.79 Å². The number of carbonyl (C=O) groups excluding carboxylic acids is 1. The van der Waals surface area contributed by atoms with Gasteiger partial charge >= 0.3 is 0 Å². The number of hydrogen-bond acceptors (Lipinski definition) is 1. The van der Waals surface area contributed by atoms with Crippen molar-refractivity contribution in [2.24, 2.45) is 5.41 Å². The van der Waals surface area contributed by atoms with Gasteiger partial charge in [-0.05, 0) is 38.5 Å². The van der Waals surface area contributed by atoms with E-state index in [1.165, 1.54) is 32.1 Å². The Hall–Kier alpha value is -0.0500. The molecule has 0 saturated heterocycles. The zero-order valence-electron chi connectivity index (χ0n) is 10.9. The van der Waals surface area contributed by atoms with Gasteiger partial charge in [0.15, 0.2) is 0 Å². The van der Waals surface area contributed by atoms with E-state index in [0.717, 1.165) is 31.1 Å². The van der Waals surface area contributed by atoms with Crippen LogP contribution in [0, 0.1) is 5.41 Å². The van der Waals surface area contributed by atoms with Crippen LogP contribution in [0.2, 0.25) is 0 Å². The summed E-state index contributed by atoms with van der Waals surface area (Å²) >= 11 is 3.49. The number of halogens is 1. The molecule has 2 nitrogen and oxygen atoms in total. The molecular weight excluding hydrogens is 278 g/mol. The Morgan fingerprint density at radius 2 is 1.94 bits per heavy atom. The molecule has 0 bridgehead atoms. The first kappa shape index (κ1) is 13.4. The van der Waals surface area contributed by atoms with Crippen LogP contribution in [0.15, 0.2) is 0 Å². The van der Waals surface area contributed by atoms with E-state index in [9.17, 15) is 4.79 Å². The Balaban J connectivity index is 2.08. The molecule has 0 radical (unpaired) electrons. The molecule has 0 aliphatic heterocycles. The first-order valence-electron chi connectivity index (χ1n) is 7.10. The van der Waals surface area contributed by atoms with Gasteiger partial charge in [-0.1, -0.05) is 35.7 Å². The summed E-state index contributed by atoms with van der Waals surface area (Å²) in [5.74, 6) is 0.460. The summed E-state index contributed by atoms with van der Waals surface area (Å²) in [7, 11) is 0. The van der Waals surface area contributed by atoms with E-state index in [2.05, 4.69) is 27.8 Å². The summed E-state index contributed by atoms with van der Waals surface area (Å²) in [6, 6.07) is 0.545. The Labute approximate surface area is 113 Å². The summed E-state index contributed by atoms with van der Waals surface area (Å²) < 4.78 is 0. The van der Waals surface area contributed by atoms with E-state index in [1.54, 1.807) is 0 Å². The first-order valence-corrected chi connectivity index (χ1v) is 8.23. The molecule has 2 rings (SSSR count). The van der Waals surface area contributed by atoms with Gasteiger partial charge in [-0.3, -0.25) is 4.79 Å². The second-order valence-corrected chi connectivity index (χ2v) is 6.41. The Morgan fingerprint density at radius 3 is 2.35 bits per heavy atom. The molecular formula is C14H24BrNO. The lowest BCUT2D eigenvalue weighted by Gasteiger charge is -2.42. The maximum Gasteiger partial charge on any atom is 0.229 e. The molecule has 0 aromatic rings. The van der Waals surface area contributed by atoms with Crippen molar-refractivity contribution in [3.8, 4) is 0 Å². The Kier molecular flexibility index (Phi) is 4.51. The third-order valence-corrected chi connectivity index (χ3v) is 5.15. The van der Waals surface area contributed by atoms with Gasteiger partial charge in [-0.25, -0.2) is 0 Å². The van der Waals surface area contributed by atoms with Crippen molar-refractivity contribution in [2.45, 2.75) is 64.3 Å². The number of nitrogens with zero attached hydrogens (tertiary/aromatic N) is 1. The third-order valence-electron chi connectivity index (χ3n) is 4.79. The average Bonchev–Trinajstić information content (AvgIpc) is 2.75. The van der Waals surface area contributed by atoms with Gasteiger partial charge < -0.3 is 4.90 Å². The van der Waals surface area contributed by atoms with Gasteiger partial charge in [0.05, 0.1) is 0 Å². The van der Waals surface area contributed by atoms with Crippen molar-refractivity contribution < 1.29 is 4.79 Å². The lowest BCUT2D eigenvalue weighted by molar-refractivity contribution is -0.146. The monoisotopic (exact) mass is 301 g/mol. The summed E-state index contributed by atoms with van der Waals surface area (Å²) in [4.78, 5) is 15.0. The zero-order chi connectivity index (χ0) is 12.3. The smallest absolute Gasteiger partial charge is 0.229 e. The fraction of sp³-hybridized carbons (Fsp3) is 0.929. The highest BCUT2D eigenvalue weighted by Gasteiger charge is 2.43. The predicted octanol–water partition coefficient (Wildman–Crippen LogP) is 3.73. The molecule has 0 heterocycles. The molecule has 0 aromatic carbocycles. The van der Waals surface area contributed by atoms with Crippen molar-refractivity contribution >= 4 is 21.8 Å². The number of alkyl halides is 1. The van der Waals surface area contributed by atoms with Gasteiger partial charge in [-0.15, -0.1) is 0 Å². The molecule has 0 aromatic heterocycles. The summed E-state index contributed by atoms with van der Waals surface area (Å²) in [5, 5.41) is 0.912. The molecule has 3 heteroatoms. The van der Waals surface area contributed by atoms with Gasteiger partial charge in [0.25, 0.3) is 0 Å². The zero-order valence-corrected chi connectivity index (χ0v) is 12.5. The number of hydrogen-bond donors (Lipinski definition) is 0. The SMILES string of the molecule is CCC1(C(=O)N(CCBr)C2CCC2)CCCC1. The van der Waals surface area contributed by atoms with Crippen LogP contribution >= 0.6 is 15.9 Å². The van der Waals surface area contributed by atoms with Crippen LogP contribution in [0.5, 0.6) is 0 Å². The van der Waals surface area contributed by atoms with Crippen LogP contribution in [0.1, 0.15) is 58.3 Å². The third kappa shape index (κ3) is 2.54. The van der Waals surface area contributed by atoms with Gasteiger partial charge in [0.1, 0.15) is 0 Å². The topological polar surface area (TPSA) is 20.3 Å². The molecule has 2 aliphatic carbocycles. The van der Waals surface area contributed by atoms with E-state index in [-0.39, 0.29) is 5.41 Å². The Morgan fingerprint density at radius 1 is 1.29 bits per heavy atom. The minimum absolute atomic E-state index is 0.00222. The second-order valence-electron chi connectivity index (χ2n) is 5.61. The van der Waals surface area contributed by atoms with E-state index < -0.39 is 0 Å². The normalized spacial score (nSPS) is 23.4. The average molecular weight is 302 g/mol. The molecule has 17 heavy (non-hydrogen) atoms. The van der Waals surface area contributed by atoms with E-state index in [1.807, 2.05) is 0 Å². The highest BCUT2D eigenvalue weighted by Crippen LogP contribution is 2.43. The molecule has 98 valence electrons. The van der Waals surface area contributed by atoms with E-state index >= 15 is 0 Å². The molecule has 0 unspecified atom stereocenters. The van der Waals surface area contributed by atoms with E-state index in [4.69, 9.17) is 0 Å². The van der Waals surface area contributed by atoms with Gasteiger partial charge in [-0.2, -0.15) is 0 Å². The van der Waals surface area contributed by atoms with Crippen LogP contribution < -0.4 is 0 Å². The highest BCUT2D eigenvalue weighted by molar-refractivity contribution is 9.09. The Bertz CT molecular complexity index is 269. The maximum absolute atomic E-state index is 12.8. The van der Waals surface area contributed by atoms with Crippen molar-refractivity contribution in [3.63, 3.8) is 0 Å². The lowest BCUT2D eigenvalue weighted by atomic mass is 9.80. The fourth-order valence-electron chi connectivity index (χ4n) is 3.31. The molecule has 2 aliphatic rings. The van der Waals surface area contributed by atoms with Crippen LogP contribution in [-0.4, -0.2) is 28.7 Å². The van der Waals surface area contributed by atoms with Crippen LogP contribution in [0.4, 0.5) is 0 Å².